The smallest absolute Gasteiger partial charge is 0.116 e. The molecule has 2 aliphatic carbocycles. The van der Waals surface area contributed by atoms with E-state index in [0.717, 1.165) is 42.9 Å². The maximum Gasteiger partial charge on any atom is 0.116 e. The summed E-state index contributed by atoms with van der Waals surface area (Å²) in [7, 11) is 0. The molecule has 1 saturated heterocycles. The molecule has 0 atom stereocenters. The highest BCUT2D eigenvalue weighted by Crippen LogP contribution is 2.38. The maximum atomic E-state index is 10.3. The Morgan fingerprint density at radius 3 is 2.35 bits per heavy atom. The summed E-state index contributed by atoms with van der Waals surface area (Å²) in [6.45, 7) is 2.64. The van der Waals surface area contributed by atoms with Gasteiger partial charge in [0.1, 0.15) is 5.75 Å². The fourth-order valence-electron chi connectivity index (χ4n) is 5.64. The van der Waals surface area contributed by atoms with E-state index in [1.54, 1.807) is 6.07 Å². The van der Waals surface area contributed by atoms with Crippen LogP contribution >= 0.6 is 0 Å². The molecule has 3 aliphatic rings. The normalized spacial score (nSPS) is 20.2. The first-order valence-corrected chi connectivity index (χ1v) is 13.1. The van der Waals surface area contributed by atoms with Crippen LogP contribution in [0.15, 0.2) is 77.9 Å². The highest BCUT2D eigenvalue weighted by molar-refractivity contribution is 5.85. The summed E-state index contributed by atoms with van der Waals surface area (Å²) in [6, 6.07) is 17.7. The zero-order valence-corrected chi connectivity index (χ0v) is 20.1. The number of hydrogen-bond donors (Lipinski definition) is 2. The first-order valence-electron chi connectivity index (χ1n) is 13.1. The Morgan fingerprint density at radius 2 is 1.71 bits per heavy atom. The number of aliphatic hydroxyl groups excluding tert-OH is 1. The summed E-state index contributed by atoms with van der Waals surface area (Å²) in [6.07, 6.45) is 15.7. The molecule has 0 aromatic heterocycles. The lowest BCUT2D eigenvalue weighted by Crippen LogP contribution is -2.34. The van der Waals surface area contributed by atoms with Crippen LogP contribution in [0.25, 0.3) is 5.57 Å². The maximum absolute atomic E-state index is 10.3. The fourth-order valence-corrected chi connectivity index (χ4v) is 5.64. The number of phenolic OH excluding ortho intramolecular Hbond substituents is 1. The highest BCUT2D eigenvalue weighted by Gasteiger charge is 2.32. The third-order valence-electron chi connectivity index (χ3n) is 7.63. The van der Waals surface area contributed by atoms with Crippen LogP contribution in [0.2, 0.25) is 0 Å². The molecule has 0 unspecified atom stereocenters. The molecule has 0 radical (unpaired) electrons. The van der Waals surface area contributed by atoms with Gasteiger partial charge in [0.25, 0.3) is 0 Å². The van der Waals surface area contributed by atoms with Crippen molar-refractivity contribution in [3.05, 3.63) is 94.6 Å². The Labute approximate surface area is 204 Å². The molecule has 178 valence electrons. The van der Waals surface area contributed by atoms with Crippen molar-refractivity contribution < 1.29 is 10.2 Å². The van der Waals surface area contributed by atoms with Gasteiger partial charge in [-0.2, -0.15) is 0 Å². The molecule has 1 saturated carbocycles. The van der Waals surface area contributed by atoms with E-state index in [-0.39, 0.29) is 12.4 Å². The molecular formula is C31H37NO2. The van der Waals surface area contributed by atoms with Gasteiger partial charge in [0, 0.05) is 12.6 Å². The Kier molecular flexibility index (Phi) is 7.32. The number of nitrogens with zero attached hydrogens (tertiary/aromatic N) is 1. The Morgan fingerprint density at radius 1 is 0.912 bits per heavy atom. The standard InChI is InChI=1S/C31H37NO2/c33-21-5-10-30(25-6-2-1-3-7-25)31(27-8-4-9-29(34)22-27)26-13-11-23(12-14-26)24-17-19-32(20-18-24)28-15-16-28/h2,4,6-9,11-14,22,24,28,33-34H,1,3,5,10,15-21H2/b31-30+. The third kappa shape index (κ3) is 5.37. The number of piperidine rings is 1. The molecule has 2 N–H and O–H groups in total. The second-order valence-corrected chi connectivity index (χ2v) is 10.0. The van der Waals surface area contributed by atoms with Gasteiger partial charge in [0.15, 0.2) is 0 Å². The van der Waals surface area contributed by atoms with Gasteiger partial charge in [-0.1, -0.05) is 54.6 Å². The lowest BCUT2D eigenvalue weighted by Gasteiger charge is -2.32. The van der Waals surface area contributed by atoms with Crippen molar-refractivity contribution in [2.24, 2.45) is 0 Å². The average molecular weight is 456 g/mol. The van der Waals surface area contributed by atoms with Crippen molar-refractivity contribution >= 4 is 5.57 Å². The molecule has 0 spiro atoms. The molecule has 34 heavy (non-hydrogen) atoms. The summed E-state index contributed by atoms with van der Waals surface area (Å²) in [5.41, 5.74) is 7.31. The zero-order chi connectivity index (χ0) is 23.3. The van der Waals surface area contributed by atoms with Gasteiger partial charge < -0.3 is 15.1 Å². The molecule has 3 nitrogen and oxygen atoms in total. The van der Waals surface area contributed by atoms with Crippen LogP contribution < -0.4 is 0 Å². The molecule has 0 amide bonds. The number of rotatable bonds is 8. The molecule has 3 heteroatoms. The molecule has 2 aromatic rings. The van der Waals surface area contributed by atoms with E-state index in [2.05, 4.69) is 53.5 Å². The lowest BCUT2D eigenvalue weighted by molar-refractivity contribution is 0.203. The van der Waals surface area contributed by atoms with Crippen LogP contribution in [0, 0.1) is 0 Å². The van der Waals surface area contributed by atoms with Gasteiger partial charge in [0.05, 0.1) is 0 Å². The zero-order valence-electron chi connectivity index (χ0n) is 20.1. The summed E-state index contributed by atoms with van der Waals surface area (Å²) in [4.78, 5) is 2.69. The first-order chi connectivity index (χ1) is 16.7. The van der Waals surface area contributed by atoms with Crippen LogP contribution in [0.5, 0.6) is 5.75 Å². The van der Waals surface area contributed by atoms with Crippen LogP contribution in [0.3, 0.4) is 0 Å². The van der Waals surface area contributed by atoms with E-state index in [4.69, 9.17) is 0 Å². The minimum absolute atomic E-state index is 0.173. The number of benzene rings is 2. The molecule has 2 fully saturated rings. The number of phenols is 1. The second-order valence-electron chi connectivity index (χ2n) is 10.0. The van der Waals surface area contributed by atoms with E-state index >= 15 is 0 Å². The fraction of sp³-hybridized carbons (Fsp3) is 0.419. The second kappa shape index (κ2) is 10.8. The average Bonchev–Trinajstić information content (AvgIpc) is 3.73. The van der Waals surface area contributed by atoms with Crippen molar-refractivity contribution in [1.29, 1.82) is 0 Å². The van der Waals surface area contributed by atoms with Gasteiger partial charge in [-0.15, -0.1) is 0 Å². The number of aliphatic hydroxyl groups is 1. The van der Waals surface area contributed by atoms with Crippen molar-refractivity contribution in [3.63, 3.8) is 0 Å². The first kappa shape index (κ1) is 23.1. The largest absolute Gasteiger partial charge is 0.508 e. The van der Waals surface area contributed by atoms with E-state index in [1.165, 1.54) is 61.0 Å². The molecule has 0 bridgehead atoms. The van der Waals surface area contributed by atoms with E-state index in [9.17, 15) is 10.2 Å². The van der Waals surface area contributed by atoms with E-state index in [1.807, 2.05) is 12.1 Å². The highest BCUT2D eigenvalue weighted by atomic mass is 16.3. The number of aromatic hydroxyl groups is 1. The quantitative estimate of drug-likeness (QED) is 0.472. The van der Waals surface area contributed by atoms with E-state index < -0.39 is 0 Å². The van der Waals surface area contributed by atoms with Crippen LogP contribution in [0.4, 0.5) is 0 Å². The van der Waals surface area contributed by atoms with Crippen LogP contribution in [0.1, 0.15) is 74.0 Å². The predicted octanol–water partition coefficient (Wildman–Crippen LogP) is 6.58. The third-order valence-corrected chi connectivity index (χ3v) is 7.63. The molecule has 1 aliphatic heterocycles. The minimum atomic E-state index is 0.173. The van der Waals surface area contributed by atoms with Gasteiger partial charge in [0.2, 0.25) is 0 Å². The van der Waals surface area contributed by atoms with Gasteiger partial charge in [-0.05, 0) is 116 Å². The van der Waals surface area contributed by atoms with E-state index in [0.29, 0.717) is 5.92 Å². The topological polar surface area (TPSA) is 43.7 Å². The molecular weight excluding hydrogens is 418 g/mol. The van der Waals surface area contributed by atoms with Crippen LogP contribution in [-0.4, -0.2) is 40.9 Å². The van der Waals surface area contributed by atoms with Crippen molar-refractivity contribution in [3.8, 4) is 5.75 Å². The van der Waals surface area contributed by atoms with Gasteiger partial charge >= 0.3 is 0 Å². The lowest BCUT2D eigenvalue weighted by atomic mass is 9.84. The predicted molar refractivity (Wildman–Crippen MR) is 140 cm³/mol. The van der Waals surface area contributed by atoms with Gasteiger partial charge in [-0.3, -0.25) is 0 Å². The number of allylic oxidation sites excluding steroid dienone is 5. The van der Waals surface area contributed by atoms with Crippen molar-refractivity contribution in [2.75, 3.05) is 19.7 Å². The van der Waals surface area contributed by atoms with Crippen molar-refractivity contribution in [2.45, 2.75) is 63.3 Å². The number of hydrogen-bond acceptors (Lipinski definition) is 3. The van der Waals surface area contributed by atoms with Gasteiger partial charge in [-0.25, -0.2) is 0 Å². The SMILES string of the molecule is OCCC/C(C1=CCCC=C1)=C(/c1ccc(C2CCN(C3CC3)CC2)cc1)c1cccc(O)c1. The summed E-state index contributed by atoms with van der Waals surface area (Å²) in [5, 5.41) is 19.9. The van der Waals surface area contributed by atoms with Crippen LogP contribution in [-0.2, 0) is 0 Å². The summed E-state index contributed by atoms with van der Waals surface area (Å²) in [5.74, 6) is 0.929. The number of likely N-dealkylation sites (tertiary alicyclic amines) is 1. The van der Waals surface area contributed by atoms with Crippen molar-refractivity contribution in [1.82, 2.24) is 4.90 Å². The minimum Gasteiger partial charge on any atom is -0.508 e. The molecule has 5 rings (SSSR count). The Bertz CT molecular complexity index is 1070. The Hall–Kier alpha value is -2.62. The Balaban J connectivity index is 1.49. The molecule has 2 aromatic carbocycles. The monoisotopic (exact) mass is 455 g/mol. The summed E-state index contributed by atoms with van der Waals surface area (Å²) < 4.78 is 0. The molecule has 1 heterocycles. The summed E-state index contributed by atoms with van der Waals surface area (Å²) >= 11 is 0.